The van der Waals surface area contributed by atoms with Gasteiger partial charge in [-0.25, -0.2) is 0 Å². The van der Waals surface area contributed by atoms with E-state index in [9.17, 15) is 0 Å². The van der Waals surface area contributed by atoms with Crippen LogP contribution in [0.25, 0.3) is 19.7 Å². The minimum Gasteiger partial charge on any atom is -1.00 e. The predicted octanol–water partition coefficient (Wildman–Crippen LogP) is 16.4. The summed E-state index contributed by atoms with van der Waals surface area (Å²) in [6, 6.07) is 105. The Hall–Kier alpha value is -8.79. The van der Waals surface area contributed by atoms with Gasteiger partial charge in [-0.3, -0.25) is 0 Å². The van der Waals surface area contributed by atoms with Crippen LogP contribution < -0.4 is 96.5 Å². The van der Waals surface area contributed by atoms with Crippen LogP contribution in [-0.4, -0.2) is 0 Å². The van der Waals surface area contributed by atoms with E-state index in [-0.39, 0.29) is 48.8 Å². The van der Waals surface area contributed by atoms with E-state index in [0.717, 1.165) is 0 Å². The van der Waals surface area contributed by atoms with Crippen LogP contribution in [0.2, 0.25) is 0 Å². The number of rotatable bonds is 12. The summed E-state index contributed by atoms with van der Waals surface area (Å²) in [5, 5.41) is 14.2. The maximum absolute atomic E-state index is 2.48. The van der Waals surface area contributed by atoms with E-state index < -0.39 is 91.5 Å². The van der Waals surface area contributed by atoms with Crippen LogP contribution in [0, 0.1) is 20.8 Å². The molecule has 27 rings (SSSR count). The van der Waals surface area contributed by atoms with Crippen LogP contribution in [0.4, 0.5) is 0 Å². The molecular formula is C120H90Cl2IP3Zr3. The number of fused-ring (bicyclic) bond motifs is 24. The summed E-state index contributed by atoms with van der Waals surface area (Å²) >= 11 is -3.61. The maximum Gasteiger partial charge on any atom is -1.00 e. The van der Waals surface area contributed by atoms with E-state index >= 15 is 0 Å². The van der Waals surface area contributed by atoms with Crippen LogP contribution in [0.3, 0.4) is 0 Å². The Kier molecular flexibility index (Phi) is 23.0. The first-order chi connectivity index (χ1) is 62.2. The van der Waals surface area contributed by atoms with Gasteiger partial charge in [-0.05, 0) is 0 Å². The van der Waals surface area contributed by atoms with Gasteiger partial charge in [-0.1, -0.05) is 0 Å². The summed E-state index contributed by atoms with van der Waals surface area (Å²) in [4.78, 5) is 0. The number of halogens is 3. The topological polar surface area (TPSA) is 0 Å². The van der Waals surface area contributed by atoms with Gasteiger partial charge >= 0.3 is 786 Å². The number of hydrogen-bond donors (Lipinski definition) is 0. The van der Waals surface area contributed by atoms with Gasteiger partial charge in [0.1, 0.15) is 0 Å². The molecule has 6 unspecified atom stereocenters. The fourth-order valence-corrected chi connectivity index (χ4v) is 50.9. The summed E-state index contributed by atoms with van der Waals surface area (Å²) in [7, 11) is -5.22. The van der Waals surface area contributed by atoms with Gasteiger partial charge in [0, 0.05) is 0 Å². The van der Waals surface area contributed by atoms with Gasteiger partial charge < -0.3 is 48.8 Å². The van der Waals surface area contributed by atoms with Crippen molar-refractivity contribution in [1.82, 2.24) is 0 Å². The predicted molar refractivity (Wildman–Crippen MR) is 528 cm³/mol. The van der Waals surface area contributed by atoms with Gasteiger partial charge in [0.25, 0.3) is 0 Å². The molecule has 0 bridgehead atoms. The third-order valence-electron chi connectivity index (χ3n) is 29.3. The van der Waals surface area contributed by atoms with E-state index in [1.165, 1.54) is 100 Å². The average molecular weight is 2100 g/mol. The van der Waals surface area contributed by atoms with Crippen molar-refractivity contribution in [1.29, 1.82) is 0 Å². The normalized spacial score (nSPS) is 21.0. The van der Waals surface area contributed by atoms with Crippen molar-refractivity contribution >= 4 is 89.2 Å². The van der Waals surface area contributed by atoms with Crippen LogP contribution in [0.5, 0.6) is 0 Å². The summed E-state index contributed by atoms with van der Waals surface area (Å²) < 4.78 is 10.2. The minimum atomic E-state index is -1.74. The van der Waals surface area contributed by atoms with E-state index in [1.54, 1.807) is 119 Å². The molecule has 0 fully saturated rings. The van der Waals surface area contributed by atoms with Crippen LogP contribution in [-0.2, 0) is 88.2 Å². The minimum absolute atomic E-state index is 0. The zero-order valence-corrected chi connectivity index (χ0v) is 85.6. The second-order valence-electron chi connectivity index (χ2n) is 36.0. The number of benzene rings is 12. The largest absolute Gasteiger partial charge is 1.00 e. The molecule has 3 aliphatic heterocycles. The molecule has 12 aromatic carbocycles. The van der Waals surface area contributed by atoms with Crippen molar-refractivity contribution in [2.45, 2.75) is 74.8 Å². The first kappa shape index (κ1) is 85.7. The molecule has 0 N–H and O–H groups in total. The summed E-state index contributed by atoms with van der Waals surface area (Å²) in [6.45, 7) is 6.75. The third kappa shape index (κ3) is 13.5. The smallest absolute Gasteiger partial charge is 1.00 e. The first-order valence-electron chi connectivity index (χ1n) is 44.9. The first-order valence-corrected chi connectivity index (χ1v) is 58.2. The number of aryl methyl sites for hydroxylation is 3. The average Bonchev–Trinajstić information content (AvgIpc) is 1.58. The molecule has 12 aromatic rings. The molecule has 9 heteroatoms. The Morgan fingerprint density at radius 2 is 0.426 bits per heavy atom. The number of hydrogen-bond acceptors (Lipinski definition) is 0. The number of allylic oxidation sites excluding steroid dienone is 30. The van der Waals surface area contributed by atoms with Crippen molar-refractivity contribution in [2.24, 2.45) is 0 Å². The molecule has 3 heterocycles. The van der Waals surface area contributed by atoms with Gasteiger partial charge in [0.2, 0.25) is 0 Å². The Balaban J connectivity index is 0.000000112. The van der Waals surface area contributed by atoms with Gasteiger partial charge in [0.15, 0.2) is 0 Å². The van der Waals surface area contributed by atoms with Crippen molar-refractivity contribution in [3.63, 3.8) is 0 Å². The Labute approximate surface area is 825 Å². The van der Waals surface area contributed by atoms with Crippen molar-refractivity contribution < 1.29 is 118 Å². The fourth-order valence-electron chi connectivity index (χ4n) is 23.7. The van der Waals surface area contributed by atoms with Crippen molar-refractivity contribution in [3.05, 3.63) is 552 Å². The monoisotopic (exact) mass is 2090 g/mol. The van der Waals surface area contributed by atoms with Crippen molar-refractivity contribution in [2.75, 3.05) is 0 Å². The molecule has 0 saturated carbocycles. The summed E-state index contributed by atoms with van der Waals surface area (Å²) in [5.41, 5.74) is 36.7. The molecule has 0 saturated heterocycles. The molecule has 6 atom stereocenters. The van der Waals surface area contributed by atoms with Crippen LogP contribution >= 0.6 is 21.8 Å². The summed E-state index contributed by atoms with van der Waals surface area (Å²) in [6.07, 6.45) is 59.8. The van der Waals surface area contributed by atoms with E-state index in [2.05, 4.69) is 440 Å². The fraction of sp³-hybridized carbons (Fsp3) is 0.100. The second kappa shape index (κ2) is 34.7. The molecule has 0 aromatic heterocycles. The van der Waals surface area contributed by atoms with E-state index in [4.69, 9.17) is 0 Å². The van der Waals surface area contributed by atoms with Gasteiger partial charge in [0.05, 0.1) is 0 Å². The molecule has 0 nitrogen and oxygen atoms in total. The van der Waals surface area contributed by atoms with Crippen LogP contribution in [0.1, 0.15) is 136 Å². The molecule has 129 heavy (non-hydrogen) atoms. The molecular weight excluding hydrogens is 2010 g/mol. The Bertz CT molecular complexity index is 6550. The molecule has 0 spiro atoms. The maximum atomic E-state index is 2.48. The van der Waals surface area contributed by atoms with Gasteiger partial charge in [-0.15, -0.1) is 0 Å². The summed E-state index contributed by atoms with van der Waals surface area (Å²) in [5.74, 6) is 2.35. The molecule has 618 valence electrons. The molecule has 0 radical (unpaired) electrons. The SMILES string of the molecule is Cc1ccc2c(c1)[C]([Zr][C]1=C3C=CC=CC3c3ccc4c(c31)[P+](c1ccccc1)(c1ccccc1)C4)=C1C=CC=CC12.Cc1ccc2c(c1)[C]([Zr][C]1=C3C=CC=CC3c3ccc4c(c31)[P+](c1ccccc1)(c1ccccc1)C4)=C1C=CC=CC12.Cc1ccc2c(c1)[C]([Zr][C]1=C3C=CC=CC3c3ccc4c(c31)[P+](c1ccccc1)(c1ccccc1)C4)=C1C=CC=CC12.[Cl-].[Cl-].[I-]. The zero-order valence-electron chi connectivity index (χ0n) is 71.9. The third-order valence-corrected chi connectivity index (χ3v) is 54.4. The standard InChI is InChI=1S/3C26H19P.3C14H11.2ClH.HI.3Zr/c3*1-3-10-21(11-4-1)27(22-12-5-2-6-13-22)18-20-15-16-24-23-14-8-7-9-19(23)17-25(24)26(20)27;3*1-10-6-7-14-12(8-10)9-11-4-2-3-5-13(11)14;;;;;;/h3*1-16,23H,18H2;3*2-8,13H,1H3;3*1H;;;/q3*+1;;;;;;;;;/p-3. The Morgan fingerprint density at radius 3 is 0.651 bits per heavy atom. The van der Waals surface area contributed by atoms with E-state index in [0.29, 0.717) is 35.5 Å². The molecule has 12 aliphatic carbocycles. The van der Waals surface area contributed by atoms with Crippen molar-refractivity contribution in [3.8, 4) is 0 Å². The van der Waals surface area contributed by atoms with Crippen LogP contribution in [0.15, 0.2) is 452 Å². The zero-order chi connectivity index (χ0) is 83.5. The van der Waals surface area contributed by atoms with Gasteiger partial charge in [-0.2, -0.15) is 0 Å². The Morgan fingerprint density at radius 1 is 0.225 bits per heavy atom. The molecule has 15 aliphatic rings. The van der Waals surface area contributed by atoms with E-state index in [1.807, 2.05) is 0 Å². The second-order valence-corrected chi connectivity index (χ2v) is 55.5. The molecule has 0 amide bonds. The quantitative estimate of drug-likeness (QED) is 0.0845.